The monoisotopic (exact) mass is 291 g/mol. The Morgan fingerprint density at radius 1 is 1.24 bits per heavy atom. The van der Waals surface area contributed by atoms with Crippen LogP contribution in [-0.2, 0) is 16.0 Å². The van der Waals surface area contributed by atoms with Gasteiger partial charge in [0.25, 0.3) is 0 Å². The highest BCUT2D eigenvalue weighted by atomic mass is 16.5. The fourth-order valence-corrected chi connectivity index (χ4v) is 2.38. The summed E-state index contributed by atoms with van der Waals surface area (Å²) in [6, 6.07) is 0. The maximum Gasteiger partial charge on any atom is 0.305 e. The van der Waals surface area contributed by atoms with Crippen LogP contribution in [0, 0.1) is 0 Å². The molecule has 0 aromatic carbocycles. The third kappa shape index (κ3) is 3.84. The molecule has 0 atom stereocenters. The number of methoxy groups -OCH3 is 1. The number of nitrogen functional groups attached to an aromatic ring is 2. The number of nitrogens with zero attached hydrogens (tertiary/aromatic N) is 2. The number of aromatic amines is 1. The van der Waals surface area contributed by atoms with Gasteiger partial charge in [0.05, 0.1) is 12.5 Å². The quantitative estimate of drug-likeness (QED) is 0.528. The molecule has 2 rings (SSSR count). The number of aryl methyl sites for hydroxylation is 1. The first-order valence-electron chi connectivity index (χ1n) is 7.07. The van der Waals surface area contributed by atoms with Crippen molar-refractivity contribution >= 4 is 28.8 Å². The Labute approximate surface area is 123 Å². The Hall–Kier alpha value is -2.31. The number of rotatable bonds is 7. The number of H-pyrrole nitrogens is 1. The van der Waals surface area contributed by atoms with Crippen molar-refractivity contribution < 1.29 is 9.53 Å². The predicted octanol–water partition coefficient (Wildman–Crippen LogP) is 1.79. The molecule has 0 radical (unpaired) electrons. The van der Waals surface area contributed by atoms with E-state index in [1.165, 1.54) is 7.11 Å². The first-order chi connectivity index (χ1) is 10.1. The van der Waals surface area contributed by atoms with Crippen LogP contribution >= 0.6 is 0 Å². The lowest BCUT2D eigenvalue weighted by Gasteiger charge is -2.03. The van der Waals surface area contributed by atoms with Crippen LogP contribution in [0.3, 0.4) is 0 Å². The van der Waals surface area contributed by atoms with Crippen molar-refractivity contribution in [2.45, 2.75) is 38.5 Å². The summed E-state index contributed by atoms with van der Waals surface area (Å²) in [4.78, 5) is 22.2. The minimum atomic E-state index is -0.144. The molecule has 114 valence electrons. The van der Waals surface area contributed by atoms with Crippen molar-refractivity contribution in [1.29, 1.82) is 0 Å². The van der Waals surface area contributed by atoms with Gasteiger partial charge in [0.2, 0.25) is 5.95 Å². The number of unbranched alkanes of at least 4 members (excludes halogenated alkanes) is 3. The Balaban J connectivity index is 1.83. The molecule has 0 fully saturated rings. The highest BCUT2D eigenvalue weighted by Gasteiger charge is 2.10. The van der Waals surface area contributed by atoms with Crippen LogP contribution in [0.25, 0.3) is 11.0 Å². The molecule has 7 heteroatoms. The van der Waals surface area contributed by atoms with Gasteiger partial charge in [-0.1, -0.05) is 12.8 Å². The molecule has 0 unspecified atom stereocenters. The molecular formula is C14H21N5O2. The zero-order chi connectivity index (χ0) is 15.2. The van der Waals surface area contributed by atoms with E-state index < -0.39 is 0 Å². The van der Waals surface area contributed by atoms with Crippen LogP contribution in [-0.4, -0.2) is 28.0 Å². The van der Waals surface area contributed by atoms with Crippen LogP contribution in [0.4, 0.5) is 11.8 Å². The average molecular weight is 291 g/mol. The summed E-state index contributed by atoms with van der Waals surface area (Å²) in [5, 5.41) is 0.860. The van der Waals surface area contributed by atoms with Gasteiger partial charge in [-0.2, -0.15) is 9.97 Å². The molecule has 0 aliphatic heterocycles. The standard InChI is InChI=1S/C14H21N5O2/c1-21-10(20)7-5-3-2-4-6-9-8-17-13-11(9)12(15)18-14(16)19-13/h8H,2-7H2,1H3,(H5,15,16,17,18,19). The molecule has 0 bridgehead atoms. The maximum atomic E-state index is 11.0. The van der Waals surface area contributed by atoms with Gasteiger partial charge in [0, 0.05) is 12.6 Å². The predicted molar refractivity (Wildman–Crippen MR) is 81.5 cm³/mol. The summed E-state index contributed by atoms with van der Waals surface area (Å²) in [5.41, 5.74) is 13.3. The van der Waals surface area contributed by atoms with E-state index in [1.807, 2.05) is 6.20 Å². The normalized spacial score (nSPS) is 10.9. The second-order valence-electron chi connectivity index (χ2n) is 4.99. The number of carbonyl (C=O) groups is 1. The Kier molecular flexibility index (Phi) is 4.97. The molecule has 0 saturated heterocycles. The maximum absolute atomic E-state index is 11.0. The first kappa shape index (κ1) is 15.1. The lowest BCUT2D eigenvalue weighted by atomic mass is 10.1. The minimum absolute atomic E-state index is 0.144. The molecule has 21 heavy (non-hydrogen) atoms. The highest BCUT2D eigenvalue weighted by molar-refractivity contribution is 5.90. The summed E-state index contributed by atoms with van der Waals surface area (Å²) in [5.74, 6) is 0.449. The SMILES string of the molecule is COC(=O)CCCCCCc1c[nH]c2nc(N)nc(N)c12. The molecule has 7 nitrogen and oxygen atoms in total. The number of nitrogens with two attached hydrogens (primary N) is 2. The number of aromatic nitrogens is 3. The van der Waals surface area contributed by atoms with E-state index >= 15 is 0 Å². The van der Waals surface area contributed by atoms with Crippen LogP contribution in [0.15, 0.2) is 6.20 Å². The van der Waals surface area contributed by atoms with Gasteiger partial charge in [0.15, 0.2) is 0 Å². The summed E-state index contributed by atoms with van der Waals surface area (Å²) in [7, 11) is 1.42. The van der Waals surface area contributed by atoms with Crippen molar-refractivity contribution in [2.24, 2.45) is 0 Å². The number of fused-ring (bicyclic) bond motifs is 1. The van der Waals surface area contributed by atoms with Gasteiger partial charge < -0.3 is 21.2 Å². The van der Waals surface area contributed by atoms with E-state index in [1.54, 1.807) is 0 Å². The second kappa shape index (κ2) is 6.92. The number of nitrogens with one attached hydrogen (secondary N) is 1. The molecule has 2 heterocycles. The second-order valence-corrected chi connectivity index (χ2v) is 4.99. The van der Waals surface area contributed by atoms with Crippen LogP contribution < -0.4 is 11.5 Å². The number of hydrogen-bond donors (Lipinski definition) is 3. The Bertz CT molecular complexity index is 623. The summed E-state index contributed by atoms with van der Waals surface area (Å²) < 4.78 is 4.61. The fourth-order valence-electron chi connectivity index (χ4n) is 2.38. The van der Waals surface area contributed by atoms with Gasteiger partial charge in [-0.3, -0.25) is 4.79 Å². The molecule has 0 amide bonds. The smallest absolute Gasteiger partial charge is 0.305 e. The van der Waals surface area contributed by atoms with Gasteiger partial charge in [0.1, 0.15) is 11.5 Å². The van der Waals surface area contributed by atoms with Crippen molar-refractivity contribution in [3.05, 3.63) is 11.8 Å². The lowest BCUT2D eigenvalue weighted by Crippen LogP contribution is -2.00. The molecule has 0 aliphatic rings. The topological polar surface area (TPSA) is 120 Å². The van der Waals surface area contributed by atoms with E-state index in [-0.39, 0.29) is 11.9 Å². The van der Waals surface area contributed by atoms with Gasteiger partial charge >= 0.3 is 5.97 Å². The molecule has 0 saturated carbocycles. The molecule has 5 N–H and O–H groups in total. The lowest BCUT2D eigenvalue weighted by molar-refractivity contribution is -0.140. The van der Waals surface area contributed by atoms with Crippen molar-refractivity contribution in [3.63, 3.8) is 0 Å². The van der Waals surface area contributed by atoms with Crippen LogP contribution in [0.1, 0.15) is 37.7 Å². The van der Waals surface area contributed by atoms with Crippen molar-refractivity contribution in [2.75, 3.05) is 18.6 Å². The summed E-state index contributed by atoms with van der Waals surface area (Å²) >= 11 is 0. The van der Waals surface area contributed by atoms with E-state index in [0.29, 0.717) is 17.9 Å². The van der Waals surface area contributed by atoms with Gasteiger partial charge in [-0.15, -0.1) is 0 Å². The van der Waals surface area contributed by atoms with Gasteiger partial charge in [-0.25, -0.2) is 0 Å². The third-order valence-corrected chi connectivity index (χ3v) is 3.46. The zero-order valence-corrected chi connectivity index (χ0v) is 12.2. The molecule has 2 aromatic rings. The summed E-state index contributed by atoms with van der Waals surface area (Å²) in [6.45, 7) is 0. The van der Waals surface area contributed by atoms with Gasteiger partial charge in [-0.05, 0) is 24.8 Å². The molecule has 0 aliphatic carbocycles. The highest BCUT2D eigenvalue weighted by Crippen LogP contribution is 2.24. The number of anilines is 2. The average Bonchev–Trinajstić information content (AvgIpc) is 2.85. The van der Waals surface area contributed by atoms with E-state index in [2.05, 4.69) is 19.7 Å². The largest absolute Gasteiger partial charge is 0.469 e. The number of ether oxygens (including phenoxy) is 1. The van der Waals surface area contributed by atoms with Crippen LogP contribution in [0.2, 0.25) is 0 Å². The Morgan fingerprint density at radius 2 is 2.00 bits per heavy atom. The number of carbonyl (C=O) groups excluding carboxylic acids is 1. The Morgan fingerprint density at radius 3 is 2.76 bits per heavy atom. The number of esters is 1. The van der Waals surface area contributed by atoms with E-state index in [0.717, 1.165) is 43.1 Å². The minimum Gasteiger partial charge on any atom is -0.469 e. The van der Waals surface area contributed by atoms with Crippen LogP contribution in [0.5, 0.6) is 0 Å². The zero-order valence-electron chi connectivity index (χ0n) is 12.2. The molecular weight excluding hydrogens is 270 g/mol. The van der Waals surface area contributed by atoms with Crippen molar-refractivity contribution in [3.8, 4) is 0 Å². The van der Waals surface area contributed by atoms with Crippen molar-refractivity contribution in [1.82, 2.24) is 15.0 Å². The van der Waals surface area contributed by atoms with E-state index in [9.17, 15) is 4.79 Å². The summed E-state index contributed by atoms with van der Waals surface area (Å²) in [6.07, 6.45) is 7.25. The number of hydrogen-bond acceptors (Lipinski definition) is 6. The molecule has 2 aromatic heterocycles. The van der Waals surface area contributed by atoms with E-state index in [4.69, 9.17) is 11.5 Å². The molecule has 0 spiro atoms. The fraction of sp³-hybridized carbons (Fsp3) is 0.500. The third-order valence-electron chi connectivity index (χ3n) is 3.46. The first-order valence-corrected chi connectivity index (χ1v) is 7.07.